The van der Waals surface area contributed by atoms with E-state index in [0.717, 1.165) is 11.0 Å². The number of aromatic nitrogens is 2. The van der Waals surface area contributed by atoms with Crippen LogP contribution in [-0.2, 0) is 46.1 Å². The van der Waals surface area contributed by atoms with Crippen LogP contribution in [-0.4, -0.2) is 49.7 Å². The van der Waals surface area contributed by atoms with Crippen LogP contribution in [0.4, 0.5) is 0 Å². The lowest BCUT2D eigenvalue weighted by Gasteiger charge is -2.61. The van der Waals surface area contributed by atoms with Crippen LogP contribution in [0.25, 0.3) is 22.4 Å². The van der Waals surface area contributed by atoms with E-state index in [2.05, 4.69) is 34.6 Å². The molecule has 3 fully saturated rings. The summed E-state index contributed by atoms with van der Waals surface area (Å²) in [5.41, 5.74) is 1.41. The van der Waals surface area contributed by atoms with Crippen LogP contribution in [0, 0.1) is 10.8 Å². The van der Waals surface area contributed by atoms with Crippen LogP contribution in [0.15, 0.2) is 42.5 Å². The van der Waals surface area contributed by atoms with E-state index in [1.807, 2.05) is 41.0 Å². The summed E-state index contributed by atoms with van der Waals surface area (Å²) in [6, 6.07) is 13.1. The lowest BCUT2D eigenvalue weighted by atomic mass is 9.57. The second-order valence-electron chi connectivity index (χ2n) is 13.2. The molecule has 2 unspecified atom stereocenters. The molecule has 2 aromatic carbocycles. The van der Waals surface area contributed by atoms with E-state index in [-0.39, 0.29) is 35.8 Å². The van der Waals surface area contributed by atoms with Crippen molar-refractivity contribution in [3.63, 3.8) is 0 Å². The highest BCUT2D eigenvalue weighted by atomic mass is 17.3. The Balaban J connectivity index is 1.24. The van der Waals surface area contributed by atoms with Crippen LogP contribution in [0.3, 0.4) is 0 Å². The number of hydrogen-bond donors (Lipinski definition) is 1. The molecule has 6 rings (SSSR count). The third-order valence-electron chi connectivity index (χ3n) is 8.88. The quantitative estimate of drug-likeness (QED) is 0.215. The van der Waals surface area contributed by atoms with Gasteiger partial charge in [-0.25, -0.2) is 14.7 Å². The first kappa shape index (κ1) is 29.3. The number of nitrogens with zero attached hydrogens (tertiary/aromatic N) is 3. The number of imidazole rings is 1. The molecule has 0 spiro atoms. The highest BCUT2D eigenvalue weighted by molar-refractivity contribution is 6.01. The molecule has 3 aliphatic rings. The Morgan fingerprint density at radius 2 is 1.77 bits per heavy atom. The first-order chi connectivity index (χ1) is 20.3. The molecular weight excluding hydrogens is 554 g/mol. The number of hydroxylamine groups is 2. The van der Waals surface area contributed by atoms with Crippen molar-refractivity contribution in [1.82, 2.24) is 14.6 Å². The molecule has 228 valence electrons. The average molecular weight is 592 g/mol. The van der Waals surface area contributed by atoms with E-state index in [1.165, 1.54) is 0 Å². The predicted octanol–water partition coefficient (Wildman–Crippen LogP) is 5.14. The number of phenolic OH excluding ortho intramolecular Hbond substituents is 1. The molecule has 43 heavy (non-hydrogen) atoms. The van der Waals surface area contributed by atoms with Crippen molar-refractivity contribution >= 4 is 28.8 Å². The number of rotatable bonds is 8. The number of imide groups is 1. The summed E-state index contributed by atoms with van der Waals surface area (Å²) in [6.45, 7) is 11.4. The number of carbonyl (C=O) groups is 3. The maximum atomic E-state index is 12.3. The van der Waals surface area contributed by atoms with E-state index in [9.17, 15) is 19.5 Å². The van der Waals surface area contributed by atoms with Crippen molar-refractivity contribution in [2.24, 2.45) is 10.8 Å². The van der Waals surface area contributed by atoms with Gasteiger partial charge in [-0.05, 0) is 37.1 Å². The van der Waals surface area contributed by atoms with Crippen LogP contribution in [0.5, 0.6) is 5.75 Å². The minimum absolute atomic E-state index is 0.0265. The van der Waals surface area contributed by atoms with Crippen molar-refractivity contribution < 1.29 is 38.8 Å². The number of para-hydroxylation sites is 2. The highest BCUT2D eigenvalue weighted by Crippen LogP contribution is 2.69. The summed E-state index contributed by atoms with van der Waals surface area (Å²) in [7, 11) is 0. The predicted molar refractivity (Wildman–Crippen MR) is 154 cm³/mol. The number of fused-ring (bicyclic) bond motifs is 2. The lowest BCUT2D eigenvalue weighted by Crippen LogP contribution is -2.73. The first-order valence-electron chi connectivity index (χ1n) is 14.7. The fourth-order valence-electron chi connectivity index (χ4n) is 7.01. The van der Waals surface area contributed by atoms with E-state index >= 15 is 0 Å². The van der Waals surface area contributed by atoms with Gasteiger partial charge >= 0.3 is 5.97 Å². The Morgan fingerprint density at radius 3 is 2.42 bits per heavy atom. The van der Waals surface area contributed by atoms with Crippen molar-refractivity contribution in [2.45, 2.75) is 84.7 Å². The number of carbonyl (C=O) groups excluding carboxylic acids is 3. The Hall–Kier alpha value is -3.80. The Bertz CT molecular complexity index is 1610. The Morgan fingerprint density at radius 1 is 1.05 bits per heavy atom. The van der Waals surface area contributed by atoms with E-state index in [1.54, 1.807) is 6.07 Å². The number of phenols is 1. The Kier molecular flexibility index (Phi) is 6.91. The number of amides is 2. The SMILES string of the molecule is CC(C)(C)C12OOC1(c1ccc(-c3nc4ccccc4n3CCCCC(=O)ON3C(=O)CCC3=O)c(O)c1)OCC2(C)C. The monoisotopic (exact) mass is 591 g/mol. The maximum Gasteiger partial charge on any atom is 0.333 e. The van der Waals surface area contributed by atoms with Crippen LogP contribution < -0.4 is 0 Å². The van der Waals surface area contributed by atoms with Gasteiger partial charge in [-0.15, -0.1) is 5.06 Å². The topological polar surface area (TPSA) is 129 Å². The van der Waals surface area contributed by atoms with Gasteiger partial charge in [-0.1, -0.05) is 52.8 Å². The standard InChI is InChI=1S/C32H37N3O8/c1-29(2,3)32-30(4,5)19-40-31(32,42-43-32)20-13-14-21(24(36)18-20)28-33-22-10-6-7-11-23(22)34(28)17-9-8-12-27(39)41-35-25(37)15-16-26(35)38/h6-7,10-11,13-14,18,36H,8-9,12,15-17,19H2,1-5H3. The summed E-state index contributed by atoms with van der Waals surface area (Å²) < 4.78 is 8.34. The lowest BCUT2D eigenvalue weighted by molar-refractivity contribution is -0.626. The first-order valence-corrected chi connectivity index (χ1v) is 14.7. The smallest absolute Gasteiger partial charge is 0.333 e. The number of ether oxygens (including phenoxy) is 1. The molecule has 1 aromatic heterocycles. The summed E-state index contributed by atoms with van der Waals surface area (Å²) in [5, 5.41) is 12.0. The molecule has 11 heteroatoms. The molecular formula is C32H37N3O8. The zero-order chi connectivity index (χ0) is 30.8. The number of benzene rings is 2. The van der Waals surface area contributed by atoms with Gasteiger partial charge < -0.3 is 19.2 Å². The molecule has 3 aromatic rings. The summed E-state index contributed by atoms with van der Waals surface area (Å²) >= 11 is 0. The van der Waals surface area contributed by atoms with E-state index in [0.29, 0.717) is 48.0 Å². The summed E-state index contributed by atoms with van der Waals surface area (Å²) in [5.74, 6) is -2.18. The van der Waals surface area contributed by atoms with Crippen LogP contribution in [0.2, 0.25) is 0 Å². The maximum absolute atomic E-state index is 12.3. The van der Waals surface area contributed by atoms with Gasteiger partial charge in [0.15, 0.2) is 5.60 Å². The third-order valence-corrected chi connectivity index (χ3v) is 8.88. The molecule has 0 radical (unpaired) electrons. The second kappa shape index (κ2) is 10.1. The third kappa shape index (κ3) is 4.36. The fourth-order valence-corrected chi connectivity index (χ4v) is 7.01. The minimum atomic E-state index is -1.16. The zero-order valence-electron chi connectivity index (χ0n) is 25.1. The van der Waals surface area contributed by atoms with Crippen molar-refractivity contribution in [3.05, 3.63) is 48.0 Å². The molecule has 2 amide bonds. The molecule has 4 heterocycles. The summed E-state index contributed by atoms with van der Waals surface area (Å²) in [4.78, 5) is 57.2. The second-order valence-corrected chi connectivity index (χ2v) is 13.2. The average Bonchev–Trinajstić information content (AvgIpc) is 3.49. The van der Waals surface area contributed by atoms with Gasteiger partial charge in [0.25, 0.3) is 17.6 Å². The minimum Gasteiger partial charge on any atom is -0.507 e. The number of unbranched alkanes of at least 4 members (excludes halogenated alkanes) is 1. The van der Waals surface area contributed by atoms with Crippen molar-refractivity contribution in [3.8, 4) is 17.1 Å². The van der Waals surface area contributed by atoms with E-state index < -0.39 is 29.2 Å². The van der Waals surface area contributed by atoms with Gasteiger partial charge in [-0.2, -0.15) is 4.89 Å². The van der Waals surface area contributed by atoms with Gasteiger partial charge in [0, 0.05) is 42.2 Å². The zero-order valence-corrected chi connectivity index (χ0v) is 25.1. The van der Waals surface area contributed by atoms with Crippen molar-refractivity contribution in [1.29, 1.82) is 0 Å². The normalized spacial score (nSPS) is 24.8. The molecule has 3 aliphatic heterocycles. The van der Waals surface area contributed by atoms with Gasteiger partial charge in [0.05, 0.1) is 23.2 Å². The van der Waals surface area contributed by atoms with Gasteiger partial charge in [-0.3, -0.25) is 9.59 Å². The van der Waals surface area contributed by atoms with E-state index in [4.69, 9.17) is 24.3 Å². The number of hydrogen-bond acceptors (Lipinski definition) is 9. The van der Waals surface area contributed by atoms with Crippen LogP contribution in [0.1, 0.15) is 72.3 Å². The molecule has 2 atom stereocenters. The number of aromatic hydroxyl groups is 1. The van der Waals surface area contributed by atoms with Gasteiger partial charge in [0.2, 0.25) is 0 Å². The number of aryl methyl sites for hydroxylation is 1. The molecule has 11 nitrogen and oxygen atoms in total. The summed E-state index contributed by atoms with van der Waals surface area (Å²) in [6.07, 6.45) is 1.22. The van der Waals surface area contributed by atoms with Crippen LogP contribution >= 0.6 is 0 Å². The van der Waals surface area contributed by atoms with Crippen molar-refractivity contribution in [2.75, 3.05) is 6.61 Å². The largest absolute Gasteiger partial charge is 0.507 e. The molecule has 0 bridgehead atoms. The highest BCUT2D eigenvalue weighted by Gasteiger charge is 2.81. The molecule has 1 N–H and O–H groups in total. The molecule has 3 saturated heterocycles. The van der Waals surface area contributed by atoms with Gasteiger partial charge in [0.1, 0.15) is 11.6 Å². The Labute approximate surface area is 249 Å². The fraction of sp³-hybridized carbons (Fsp3) is 0.500. The molecule has 0 saturated carbocycles. The molecule has 0 aliphatic carbocycles.